The first-order chi connectivity index (χ1) is 26.5. The van der Waals surface area contributed by atoms with E-state index < -0.39 is 43.4 Å². The zero-order valence-electron chi connectivity index (χ0n) is 35.6. The minimum Gasteiger partial charge on any atom is -0.474 e. The quantitative estimate of drug-likeness (QED) is 0.153. The van der Waals surface area contributed by atoms with Gasteiger partial charge in [-0.25, -0.2) is 36.4 Å². The summed E-state index contributed by atoms with van der Waals surface area (Å²) >= 11 is 6.55. The van der Waals surface area contributed by atoms with Crippen LogP contribution in [0, 0.1) is 0 Å². The zero-order chi connectivity index (χ0) is 44.6. The molecule has 2 aromatic rings. The van der Waals surface area contributed by atoms with E-state index >= 15 is 0 Å². The molecule has 0 aromatic carbocycles. The SMILES string of the molecule is CC(C)N(CCOc1ncc(Br)cc1NS(=O)(=O)CCN(C)C)C(=O)OC(C)(C)C.CC(C)N(CCOc1ncc(Br)cc1NS(=O)(=O)CCN)C(=O)OC(C)(C)C. The van der Waals surface area contributed by atoms with Crippen LogP contribution in [0.15, 0.2) is 33.5 Å². The average molecular weight is 991 g/mol. The van der Waals surface area contributed by atoms with Crippen LogP contribution in [0.5, 0.6) is 11.8 Å². The highest BCUT2D eigenvalue weighted by molar-refractivity contribution is 9.10. The van der Waals surface area contributed by atoms with Gasteiger partial charge in [0.1, 0.15) is 35.8 Å². The molecule has 0 unspecified atom stereocenters. The van der Waals surface area contributed by atoms with Crippen molar-refractivity contribution in [2.24, 2.45) is 5.73 Å². The smallest absolute Gasteiger partial charge is 0.410 e. The summed E-state index contributed by atoms with van der Waals surface area (Å²) in [7, 11) is -3.58. The molecule has 0 atom stereocenters. The van der Waals surface area contributed by atoms with E-state index in [0.29, 0.717) is 15.5 Å². The van der Waals surface area contributed by atoms with Crippen molar-refractivity contribution in [2.75, 3.05) is 74.4 Å². The van der Waals surface area contributed by atoms with E-state index in [1.807, 2.05) is 27.7 Å². The number of anilines is 2. The molecule has 0 spiro atoms. The van der Waals surface area contributed by atoms with Crippen molar-refractivity contribution in [3.05, 3.63) is 33.5 Å². The Hall–Kier alpha value is -3.18. The van der Waals surface area contributed by atoms with Crippen LogP contribution in [0.2, 0.25) is 0 Å². The number of rotatable bonds is 19. The van der Waals surface area contributed by atoms with Crippen molar-refractivity contribution in [2.45, 2.75) is 92.5 Å². The van der Waals surface area contributed by atoms with Crippen LogP contribution in [0.4, 0.5) is 21.0 Å². The maximum atomic E-state index is 12.4. The largest absolute Gasteiger partial charge is 0.474 e. The second-order valence-electron chi connectivity index (χ2n) is 15.7. The highest BCUT2D eigenvalue weighted by atomic mass is 79.9. The Balaban J connectivity index is 0.000000581. The molecule has 332 valence electrons. The van der Waals surface area contributed by atoms with Gasteiger partial charge in [0.2, 0.25) is 31.8 Å². The maximum absolute atomic E-state index is 12.4. The number of hydrogen-bond acceptors (Lipinski definition) is 14. The number of aromatic nitrogens is 2. The lowest BCUT2D eigenvalue weighted by Crippen LogP contribution is -2.43. The van der Waals surface area contributed by atoms with Crippen LogP contribution in [0.3, 0.4) is 0 Å². The minimum absolute atomic E-state index is 0.00775. The molecule has 22 heteroatoms. The number of nitrogens with zero attached hydrogens (tertiary/aromatic N) is 5. The molecule has 0 saturated carbocycles. The van der Waals surface area contributed by atoms with Gasteiger partial charge >= 0.3 is 12.2 Å². The molecular weight excluding hydrogens is 928 g/mol. The molecule has 0 aliphatic carbocycles. The number of nitrogens with two attached hydrogens (primary N) is 1. The predicted octanol–water partition coefficient (Wildman–Crippen LogP) is 5.74. The lowest BCUT2D eigenvalue weighted by Gasteiger charge is -2.30. The van der Waals surface area contributed by atoms with Gasteiger partial charge in [-0.3, -0.25) is 9.44 Å². The first-order valence-corrected chi connectivity index (χ1v) is 23.4. The van der Waals surface area contributed by atoms with E-state index in [0.717, 1.165) is 0 Å². The van der Waals surface area contributed by atoms with Gasteiger partial charge in [-0.2, -0.15) is 0 Å². The Bertz CT molecular complexity index is 1840. The van der Waals surface area contributed by atoms with E-state index in [1.165, 1.54) is 17.3 Å². The minimum atomic E-state index is -3.61. The number of nitrogens with one attached hydrogen (secondary N) is 2. The Morgan fingerprint density at radius 1 is 0.707 bits per heavy atom. The summed E-state index contributed by atoms with van der Waals surface area (Å²) in [5, 5.41) is 0. The monoisotopic (exact) mass is 988 g/mol. The molecule has 0 bridgehead atoms. The summed E-state index contributed by atoms with van der Waals surface area (Å²) in [4.78, 5) is 37.9. The van der Waals surface area contributed by atoms with Gasteiger partial charge in [0, 0.05) is 46.5 Å². The molecule has 4 N–H and O–H groups in total. The molecule has 0 radical (unpaired) electrons. The van der Waals surface area contributed by atoms with Crippen molar-refractivity contribution in [1.82, 2.24) is 24.7 Å². The number of carbonyl (C=O) groups is 2. The molecule has 2 rings (SSSR count). The fraction of sp³-hybridized carbons (Fsp3) is 0.667. The molecule has 0 fully saturated rings. The van der Waals surface area contributed by atoms with E-state index in [2.05, 4.69) is 51.3 Å². The first kappa shape index (κ1) is 52.8. The summed E-state index contributed by atoms with van der Waals surface area (Å²) in [5.41, 5.74) is 4.54. The van der Waals surface area contributed by atoms with Crippen molar-refractivity contribution in [3.63, 3.8) is 0 Å². The topological polar surface area (TPSA) is 225 Å². The van der Waals surface area contributed by atoms with E-state index in [1.54, 1.807) is 77.6 Å². The third-order valence-corrected chi connectivity index (χ3v) is 10.4. The summed E-state index contributed by atoms with van der Waals surface area (Å²) in [6.07, 6.45) is 2.12. The third-order valence-electron chi connectivity index (χ3n) is 7.00. The lowest BCUT2D eigenvalue weighted by molar-refractivity contribution is 0.0153. The average Bonchev–Trinajstić information content (AvgIpc) is 3.03. The molecular formula is C36H62Br2N8O10S2. The van der Waals surface area contributed by atoms with Crippen molar-refractivity contribution in [3.8, 4) is 11.8 Å². The Labute approximate surface area is 361 Å². The van der Waals surface area contributed by atoms with Gasteiger partial charge in [-0.05, 0) is 127 Å². The standard InChI is InChI=1S/C19H33BrN4O5S.C17H29BrN4O5S/c1-14(2)24(18(25)29-19(3,4)5)8-10-28-17-16(12-15(20)13-21-17)22-30(26,27)11-9-23(6)7;1-12(2)22(16(23)27-17(3,4)5)7-8-26-15-14(10-13(18)11-20-15)21-28(24,25)9-6-19/h12-14,22H,8-11H2,1-7H3;10-12,21H,6-9,19H2,1-5H3. The van der Waals surface area contributed by atoms with Crippen molar-refractivity contribution in [1.29, 1.82) is 0 Å². The first-order valence-electron chi connectivity index (χ1n) is 18.5. The van der Waals surface area contributed by atoms with Gasteiger partial charge < -0.3 is 39.4 Å². The van der Waals surface area contributed by atoms with Gasteiger partial charge in [-0.1, -0.05) is 0 Å². The highest BCUT2D eigenvalue weighted by Gasteiger charge is 2.26. The Morgan fingerprint density at radius 3 is 1.38 bits per heavy atom. The third kappa shape index (κ3) is 21.7. The number of halogens is 2. The second kappa shape index (κ2) is 23.6. The second-order valence-corrected chi connectivity index (χ2v) is 21.2. The fourth-order valence-corrected chi connectivity index (χ4v) is 7.11. The Kier molecular flexibility index (Phi) is 21.5. The van der Waals surface area contributed by atoms with E-state index in [9.17, 15) is 26.4 Å². The molecule has 0 saturated heterocycles. The highest BCUT2D eigenvalue weighted by Crippen LogP contribution is 2.28. The number of sulfonamides is 2. The summed E-state index contributed by atoms with van der Waals surface area (Å²) in [6.45, 7) is 19.4. The van der Waals surface area contributed by atoms with Gasteiger partial charge in [0.05, 0.1) is 24.6 Å². The van der Waals surface area contributed by atoms with Crippen LogP contribution < -0.4 is 24.7 Å². The molecule has 2 heterocycles. The normalized spacial score (nSPS) is 12.1. The molecule has 0 aliphatic heterocycles. The van der Waals surface area contributed by atoms with E-state index in [4.69, 9.17) is 24.7 Å². The molecule has 2 amide bonds. The predicted molar refractivity (Wildman–Crippen MR) is 233 cm³/mol. The fourth-order valence-electron chi connectivity index (χ4n) is 4.37. The number of pyridine rings is 2. The number of amides is 2. The van der Waals surface area contributed by atoms with Crippen LogP contribution in [-0.2, 0) is 29.5 Å². The van der Waals surface area contributed by atoms with Crippen LogP contribution in [-0.4, -0.2) is 142 Å². The zero-order valence-corrected chi connectivity index (χ0v) is 40.4. The van der Waals surface area contributed by atoms with Gasteiger partial charge in [-0.15, -0.1) is 0 Å². The molecule has 18 nitrogen and oxygen atoms in total. The van der Waals surface area contributed by atoms with Crippen LogP contribution >= 0.6 is 31.9 Å². The van der Waals surface area contributed by atoms with Crippen LogP contribution in [0.25, 0.3) is 0 Å². The summed E-state index contributed by atoms with van der Waals surface area (Å²) in [6, 6.07) is 2.94. The van der Waals surface area contributed by atoms with E-state index in [-0.39, 0.29) is 79.6 Å². The molecule has 58 heavy (non-hydrogen) atoms. The van der Waals surface area contributed by atoms with Gasteiger partial charge in [0.15, 0.2) is 0 Å². The number of carbonyl (C=O) groups excluding carboxylic acids is 2. The van der Waals surface area contributed by atoms with Crippen molar-refractivity contribution < 1.29 is 45.4 Å². The van der Waals surface area contributed by atoms with Gasteiger partial charge in [0.25, 0.3) is 0 Å². The number of hydrogen-bond donors (Lipinski definition) is 3. The molecule has 0 aliphatic rings. The summed E-state index contributed by atoms with van der Waals surface area (Å²) in [5.74, 6) is -0.0408. The molecule has 2 aromatic heterocycles. The summed E-state index contributed by atoms with van der Waals surface area (Å²) < 4.78 is 77.0. The van der Waals surface area contributed by atoms with Crippen LogP contribution in [0.1, 0.15) is 69.2 Å². The maximum Gasteiger partial charge on any atom is 0.410 e. The Morgan fingerprint density at radius 2 is 1.07 bits per heavy atom. The van der Waals surface area contributed by atoms with Crippen molar-refractivity contribution >= 4 is 75.5 Å². The number of ether oxygens (including phenoxy) is 4. The lowest BCUT2D eigenvalue weighted by atomic mass is 10.2.